The number of benzene rings is 1. The Hall–Kier alpha value is -2.08. The summed E-state index contributed by atoms with van der Waals surface area (Å²) in [5.74, 6) is -0.430. The van der Waals surface area contributed by atoms with Gasteiger partial charge in [0.1, 0.15) is 5.69 Å². The molecule has 2 heterocycles. The minimum atomic E-state index is -0.430. The molecule has 0 radical (unpaired) electrons. The number of nitrogen functional groups attached to an aromatic ring is 1. The molecule has 2 aromatic heterocycles. The van der Waals surface area contributed by atoms with Gasteiger partial charge in [0.25, 0.3) is 0 Å². The van der Waals surface area contributed by atoms with Crippen LogP contribution < -0.4 is 5.73 Å². The Morgan fingerprint density at radius 2 is 2.30 bits per heavy atom. The van der Waals surface area contributed by atoms with Gasteiger partial charge >= 0.3 is 5.97 Å². The van der Waals surface area contributed by atoms with Crippen molar-refractivity contribution in [1.29, 1.82) is 0 Å². The molecule has 102 valence electrons. The largest absolute Gasteiger partial charge is 0.461 e. The molecule has 6 heteroatoms. The number of carbonyl (C=O) groups excluding carboxylic acids is 1. The maximum atomic E-state index is 11.7. The minimum absolute atomic E-state index is 0.278. The predicted octanol–water partition coefficient (Wildman–Crippen LogP) is 3.24. The van der Waals surface area contributed by atoms with E-state index in [1.165, 1.54) is 0 Å². The highest BCUT2D eigenvalue weighted by Crippen LogP contribution is 2.34. The van der Waals surface area contributed by atoms with Gasteiger partial charge in [-0.3, -0.25) is 0 Å². The van der Waals surface area contributed by atoms with Gasteiger partial charge in [-0.05, 0) is 25.1 Å². The fourth-order valence-corrected chi connectivity index (χ4v) is 2.74. The van der Waals surface area contributed by atoms with E-state index < -0.39 is 5.97 Å². The molecular formula is C14H12BrN3O2. The average molecular weight is 334 g/mol. The Bertz CT molecular complexity index is 826. The summed E-state index contributed by atoms with van der Waals surface area (Å²) >= 11 is 3.51. The number of nitrogens with one attached hydrogen (secondary N) is 1. The number of hydrogen-bond donors (Lipinski definition) is 2. The number of fused-ring (bicyclic) bond motifs is 3. The predicted molar refractivity (Wildman–Crippen MR) is 81.7 cm³/mol. The summed E-state index contributed by atoms with van der Waals surface area (Å²) < 4.78 is 5.88. The number of nitrogens with zero attached hydrogens (tertiary/aromatic N) is 1. The van der Waals surface area contributed by atoms with Crippen molar-refractivity contribution in [3.05, 3.63) is 34.6 Å². The molecular weight excluding hydrogens is 322 g/mol. The fourth-order valence-electron chi connectivity index (χ4n) is 2.20. The second-order valence-corrected chi connectivity index (χ2v) is 5.20. The number of esters is 1. The first-order valence-electron chi connectivity index (χ1n) is 6.14. The molecule has 5 nitrogen and oxygen atoms in total. The first kappa shape index (κ1) is 12.9. The Balaban J connectivity index is 2.26. The zero-order chi connectivity index (χ0) is 14.3. The number of pyridine rings is 1. The number of anilines is 1. The lowest BCUT2D eigenvalue weighted by Crippen LogP contribution is -2.06. The number of nitrogens with two attached hydrogens (primary N) is 1. The third kappa shape index (κ3) is 1.92. The van der Waals surface area contributed by atoms with Crippen molar-refractivity contribution >= 4 is 49.4 Å². The number of aromatic amines is 1. The molecule has 0 aliphatic rings. The van der Waals surface area contributed by atoms with Gasteiger partial charge in [-0.25, -0.2) is 9.78 Å². The first-order chi connectivity index (χ1) is 9.61. The molecule has 3 aromatic rings. The molecule has 0 aliphatic heterocycles. The Morgan fingerprint density at radius 1 is 1.50 bits per heavy atom. The SMILES string of the molecule is CCOC(=O)c1cc2[nH]c3c(N)ccc(Br)c3c2cn1. The van der Waals surface area contributed by atoms with Crippen molar-refractivity contribution < 1.29 is 9.53 Å². The molecule has 1 aromatic carbocycles. The maximum Gasteiger partial charge on any atom is 0.356 e. The van der Waals surface area contributed by atoms with Gasteiger partial charge in [-0.15, -0.1) is 0 Å². The summed E-state index contributed by atoms with van der Waals surface area (Å²) in [4.78, 5) is 19.1. The Labute approximate surface area is 123 Å². The van der Waals surface area contributed by atoms with E-state index in [0.717, 1.165) is 26.3 Å². The van der Waals surface area contributed by atoms with Gasteiger partial charge in [0, 0.05) is 21.4 Å². The first-order valence-corrected chi connectivity index (χ1v) is 6.93. The van der Waals surface area contributed by atoms with Crippen LogP contribution in [-0.2, 0) is 4.74 Å². The molecule has 0 unspecified atom stereocenters. The third-order valence-electron chi connectivity index (χ3n) is 3.10. The molecule has 0 aliphatic carbocycles. The summed E-state index contributed by atoms with van der Waals surface area (Å²) in [5, 5.41) is 1.87. The minimum Gasteiger partial charge on any atom is -0.461 e. The zero-order valence-electron chi connectivity index (χ0n) is 10.7. The van der Waals surface area contributed by atoms with Crippen LogP contribution in [0, 0.1) is 0 Å². The normalized spacial score (nSPS) is 11.1. The molecule has 3 rings (SSSR count). The van der Waals surface area contributed by atoms with Crippen LogP contribution >= 0.6 is 15.9 Å². The molecule has 0 spiro atoms. The van der Waals surface area contributed by atoms with Crippen molar-refractivity contribution in [2.45, 2.75) is 6.92 Å². The Morgan fingerprint density at radius 3 is 3.05 bits per heavy atom. The molecule has 0 fully saturated rings. The molecule has 0 saturated heterocycles. The van der Waals surface area contributed by atoms with Crippen molar-refractivity contribution in [2.75, 3.05) is 12.3 Å². The summed E-state index contributed by atoms with van der Waals surface area (Å²) in [6, 6.07) is 5.39. The third-order valence-corrected chi connectivity index (χ3v) is 3.77. The summed E-state index contributed by atoms with van der Waals surface area (Å²) in [6.45, 7) is 2.08. The number of hydrogen-bond acceptors (Lipinski definition) is 4. The molecule has 20 heavy (non-hydrogen) atoms. The second kappa shape index (κ2) is 4.79. The van der Waals surface area contributed by atoms with Gasteiger partial charge in [0.15, 0.2) is 0 Å². The molecule has 3 N–H and O–H groups in total. The lowest BCUT2D eigenvalue weighted by molar-refractivity contribution is 0.0519. The quantitative estimate of drug-likeness (QED) is 0.557. The Kier molecular flexibility index (Phi) is 3.10. The van der Waals surface area contributed by atoms with E-state index in [9.17, 15) is 4.79 Å². The summed E-state index contributed by atoms with van der Waals surface area (Å²) in [7, 11) is 0. The smallest absolute Gasteiger partial charge is 0.356 e. The van der Waals surface area contributed by atoms with E-state index in [2.05, 4.69) is 25.9 Å². The van der Waals surface area contributed by atoms with Crippen LogP contribution in [0.1, 0.15) is 17.4 Å². The van der Waals surface area contributed by atoms with E-state index in [1.54, 1.807) is 19.2 Å². The van der Waals surface area contributed by atoms with E-state index in [4.69, 9.17) is 10.5 Å². The van der Waals surface area contributed by atoms with E-state index >= 15 is 0 Å². The highest BCUT2D eigenvalue weighted by molar-refractivity contribution is 9.10. The zero-order valence-corrected chi connectivity index (χ0v) is 12.3. The van der Waals surface area contributed by atoms with Crippen LogP contribution in [0.15, 0.2) is 28.9 Å². The molecule has 0 atom stereocenters. The van der Waals surface area contributed by atoms with E-state index in [0.29, 0.717) is 12.3 Å². The van der Waals surface area contributed by atoms with Crippen molar-refractivity contribution in [1.82, 2.24) is 9.97 Å². The van der Waals surface area contributed by atoms with Crippen molar-refractivity contribution in [3.63, 3.8) is 0 Å². The summed E-state index contributed by atoms with van der Waals surface area (Å²) in [5.41, 5.74) is 8.53. The van der Waals surface area contributed by atoms with Crippen LogP contribution in [0.4, 0.5) is 5.69 Å². The van der Waals surface area contributed by atoms with Crippen molar-refractivity contribution in [3.8, 4) is 0 Å². The molecule has 0 saturated carbocycles. The van der Waals surface area contributed by atoms with Gasteiger partial charge in [0.2, 0.25) is 0 Å². The highest BCUT2D eigenvalue weighted by Gasteiger charge is 2.14. The van der Waals surface area contributed by atoms with Gasteiger partial charge in [-0.1, -0.05) is 15.9 Å². The van der Waals surface area contributed by atoms with E-state index in [1.807, 2.05) is 12.1 Å². The van der Waals surface area contributed by atoms with Crippen LogP contribution in [0.2, 0.25) is 0 Å². The van der Waals surface area contributed by atoms with Crippen LogP contribution in [-0.4, -0.2) is 22.5 Å². The van der Waals surface area contributed by atoms with Crippen LogP contribution in [0.5, 0.6) is 0 Å². The fraction of sp³-hybridized carbons (Fsp3) is 0.143. The van der Waals surface area contributed by atoms with Crippen LogP contribution in [0.3, 0.4) is 0 Å². The topological polar surface area (TPSA) is 81.0 Å². The van der Waals surface area contributed by atoms with Gasteiger partial charge in [-0.2, -0.15) is 0 Å². The average Bonchev–Trinajstić information content (AvgIpc) is 2.83. The lowest BCUT2D eigenvalue weighted by atomic mass is 10.1. The second-order valence-electron chi connectivity index (χ2n) is 4.35. The van der Waals surface area contributed by atoms with Gasteiger partial charge < -0.3 is 15.5 Å². The number of rotatable bonds is 2. The number of carbonyl (C=O) groups is 1. The lowest BCUT2D eigenvalue weighted by Gasteiger charge is -2.00. The number of halogens is 1. The van der Waals surface area contributed by atoms with Crippen LogP contribution in [0.25, 0.3) is 21.8 Å². The highest BCUT2D eigenvalue weighted by atomic mass is 79.9. The molecule has 0 amide bonds. The monoisotopic (exact) mass is 333 g/mol. The number of ether oxygens (including phenoxy) is 1. The summed E-state index contributed by atoms with van der Waals surface area (Å²) in [6.07, 6.45) is 1.66. The maximum absolute atomic E-state index is 11.7. The van der Waals surface area contributed by atoms with E-state index in [-0.39, 0.29) is 5.69 Å². The number of H-pyrrole nitrogens is 1. The van der Waals surface area contributed by atoms with Crippen molar-refractivity contribution in [2.24, 2.45) is 0 Å². The number of aromatic nitrogens is 2. The van der Waals surface area contributed by atoms with Gasteiger partial charge in [0.05, 0.1) is 23.3 Å². The standard InChI is InChI=1S/C14H12BrN3O2/c1-2-20-14(19)11-5-10-7(6-17-11)12-8(15)3-4-9(16)13(12)18-10/h3-6,18H,2,16H2,1H3. The molecule has 0 bridgehead atoms.